The second-order valence-electron chi connectivity index (χ2n) is 4.39. The van der Waals surface area contributed by atoms with Gasteiger partial charge >= 0.3 is 0 Å². The Morgan fingerprint density at radius 1 is 1.56 bits per heavy atom. The van der Waals surface area contributed by atoms with Crippen LogP contribution < -0.4 is 5.73 Å². The first-order valence-corrected chi connectivity index (χ1v) is 6.00. The molecule has 0 fully saturated rings. The highest BCUT2D eigenvalue weighted by Gasteiger charge is 2.19. The Morgan fingerprint density at radius 2 is 2.25 bits per heavy atom. The molecule has 1 heterocycles. The van der Waals surface area contributed by atoms with Crippen molar-refractivity contribution in [1.82, 2.24) is 14.7 Å². The topological polar surface area (TPSA) is 47.1 Å². The lowest BCUT2D eigenvalue weighted by Crippen LogP contribution is -2.31. The van der Waals surface area contributed by atoms with Gasteiger partial charge in [0.1, 0.15) is 0 Å². The molecule has 1 unspecified atom stereocenters. The third kappa shape index (κ3) is 2.83. The molecule has 4 nitrogen and oxygen atoms in total. The molecule has 0 aromatic carbocycles. The fourth-order valence-corrected chi connectivity index (χ4v) is 1.95. The zero-order chi connectivity index (χ0) is 12.1. The van der Waals surface area contributed by atoms with Gasteiger partial charge in [0.25, 0.3) is 0 Å². The quantitative estimate of drug-likeness (QED) is 0.796. The summed E-state index contributed by atoms with van der Waals surface area (Å²) in [7, 11) is 4.11. The minimum atomic E-state index is 0.292. The van der Waals surface area contributed by atoms with Gasteiger partial charge in [-0.05, 0) is 26.9 Å². The number of hydrogen-bond acceptors (Lipinski definition) is 3. The summed E-state index contributed by atoms with van der Waals surface area (Å²) in [5, 5.41) is 4.28. The van der Waals surface area contributed by atoms with Crippen LogP contribution in [0.5, 0.6) is 0 Å². The molecule has 0 spiro atoms. The minimum absolute atomic E-state index is 0.292. The van der Waals surface area contributed by atoms with Crippen molar-refractivity contribution in [2.75, 3.05) is 20.1 Å². The Labute approximate surface area is 98.4 Å². The average Bonchev–Trinajstić information content (AvgIpc) is 2.59. The van der Waals surface area contributed by atoms with Crippen molar-refractivity contribution < 1.29 is 0 Å². The molecule has 1 aromatic heterocycles. The van der Waals surface area contributed by atoms with E-state index in [9.17, 15) is 0 Å². The summed E-state index contributed by atoms with van der Waals surface area (Å²) in [6.07, 6.45) is 4.37. The highest BCUT2D eigenvalue weighted by atomic mass is 15.3. The summed E-state index contributed by atoms with van der Waals surface area (Å²) in [6.45, 7) is 6.04. The zero-order valence-electron chi connectivity index (χ0n) is 10.9. The molecule has 4 heteroatoms. The van der Waals surface area contributed by atoms with Crippen molar-refractivity contribution in [3.8, 4) is 0 Å². The Bertz CT molecular complexity index is 319. The molecule has 1 atom stereocenters. The van der Waals surface area contributed by atoms with Crippen LogP contribution in [0.1, 0.15) is 37.1 Å². The van der Waals surface area contributed by atoms with E-state index >= 15 is 0 Å². The smallest absolute Gasteiger partial charge is 0.0540 e. The van der Waals surface area contributed by atoms with E-state index in [4.69, 9.17) is 5.73 Å². The average molecular weight is 224 g/mol. The predicted octanol–water partition coefficient (Wildman–Crippen LogP) is 1.46. The lowest BCUT2D eigenvalue weighted by molar-refractivity contribution is 0.245. The summed E-state index contributed by atoms with van der Waals surface area (Å²) in [6, 6.07) is 0.292. The number of nitrogens with zero attached hydrogens (tertiary/aromatic N) is 3. The van der Waals surface area contributed by atoms with Gasteiger partial charge in [0.2, 0.25) is 0 Å². The van der Waals surface area contributed by atoms with Crippen LogP contribution in [0.2, 0.25) is 0 Å². The van der Waals surface area contributed by atoms with Crippen LogP contribution in [0.25, 0.3) is 0 Å². The van der Waals surface area contributed by atoms with Crippen molar-refractivity contribution in [3.05, 3.63) is 17.5 Å². The molecule has 1 rings (SSSR count). The molecule has 0 aliphatic heterocycles. The van der Waals surface area contributed by atoms with Crippen molar-refractivity contribution in [2.24, 2.45) is 12.8 Å². The molecular formula is C12H24N4. The van der Waals surface area contributed by atoms with Crippen molar-refractivity contribution in [1.29, 1.82) is 0 Å². The summed E-state index contributed by atoms with van der Waals surface area (Å²) in [5.41, 5.74) is 8.34. The third-order valence-electron chi connectivity index (χ3n) is 3.25. The molecule has 1 aromatic rings. The van der Waals surface area contributed by atoms with E-state index in [1.54, 1.807) is 0 Å². The van der Waals surface area contributed by atoms with Crippen LogP contribution in [0.3, 0.4) is 0 Å². The number of nitrogens with two attached hydrogens (primary N) is 1. The molecule has 92 valence electrons. The van der Waals surface area contributed by atoms with Crippen molar-refractivity contribution >= 4 is 0 Å². The summed E-state index contributed by atoms with van der Waals surface area (Å²) in [5.74, 6) is 0. The maximum atomic E-state index is 5.88. The Kier molecular flexibility index (Phi) is 4.96. The molecule has 16 heavy (non-hydrogen) atoms. The first-order valence-electron chi connectivity index (χ1n) is 6.00. The van der Waals surface area contributed by atoms with Crippen LogP contribution in [0.4, 0.5) is 0 Å². The van der Waals surface area contributed by atoms with Gasteiger partial charge in [-0.2, -0.15) is 5.10 Å². The fraction of sp³-hybridized carbons (Fsp3) is 0.750. The Hall–Kier alpha value is -0.870. The van der Waals surface area contributed by atoms with E-state index in [-0.39, 0.29) is 0 Å². The first kappa shape index (κ1) is 13.2. The molecule has 0 aliphatic rings. The Balaban J connectivity index is 2.77. The third-order valence-corrected chi connectivity index (χ3v) is 3.25. The summed E-state index contributed by atoms with van der Waals surface area (Å²) < 4.78 is 1.91. The van der Waals surface area contributed by atoms with Crippen LogP contribution in [-0.2, 0) is 7.05 Å². The van der Waals surface area contributed by atoms with Gasteiger partial charge in [0.15, 0.2) is 0 Å². The van der Waals surface area contributed by atoms with Crippen LogP contribution in [-0.4, -0.2) is 34.8 Å². The normalized spacial score (nSPS) is 13.4. The van der Waals surface area contributed by atoms with E-state index in [0.29, 0.717) is 12.6 Å². The maximum Gasteiger partial charge on any atom is 0.0540 e. The van der Waals surface area contributed by atoms with Gasteiger partial charge in [-0.1, -0.05) is 13.3 Å². The molecule has 2 N–H and O–H groups in total. The molecule has 0 radical (unpaired) electrons. The van der Waals surface area contributed by atoms with E-state index in [0.717, 1.165) is 6.54 Å². The van der Waals surface area contributed by atoms with Gasteiger partial charge in [-0.3, -0.25) is 9.58 Å². The molecule has 0 bridgehead atoms. The van der Waals surface area contributed by atoms with E-state index < -0.39 is 0 Å². The molecule has 0 saturated heterocycles. The van der Waals surface area contributed by atoms with E-state index in [2.05, 4.69) is 30.9 Å². The number of likely N-dealkylation sites (N-methyl/N-ethyl adjacent to an activating group) is 1. The largest absolute Gasteiger partial charge is 0.329 e. The minimum Gasteiger partial charge on any atom is -0.329 e. The van der Waals surface area contributed by atoms with Gasteiger partial charge in [-0.15, -0.1) is 0 Å². The van der Waals surface area contributed by atoms with Gasteiger partial charge in [-0.25, -0.2) is 0 Å². The second kappa shape index (κ2) is 6.01. The molecule has 0 aliphatic carbocycles. The number of aryl methyl sites for hydroxylation is 1. The Morgan fingerprint density at radius 3 is 2.69 bits per heavy atom. The van der Waals surface area contributed by atoms with E-state index in [1.165, 1.54) is 24.1 Å². The van der Waals surface area contributed by atoms with Gasteiger partial charge in [0.05, 0.1) is 12.2 Å². The highest BCUT2D eigenvalue weighted by Crippen LogP contribution is 2.21. The van der Waals surface area contributed by atoms with Gasteiger partial charge < -0.3 is 5.73 Å². The fourth-order valence-electron chi connectivity index (χ4n) is 1.95. The van der Waals surface area contributed by atoms with Crippen LogP contribution in [0, 0.1) is 6.92 Å². The number of unbranched alkanes of at least 4 members (excludes halogenated alkanes) is 1. The maximum absolute atomic E-state index is 5.88. The predicted molar refractivity (Wildman–Crippen MR) is 67.3 cm³/mol. The van der Waals surface area contributed by atoms with Crippen LogP contribution >= 0.6 is 0 Å². The zero-order valence-corrected chi connectivity index (χ0v) is 10.9. The van der Waals surface area contributed by atoms with Crippen molar-refractivity contribution in [3.63, 3.8) is 0 Å². The molecule has 0 saturated carbocycles. The lowest BCUT2D eigenvalue weighted by Gasteiger charge is -2.26. The highest BCUT2D eigenvalue weighted by molar-refractivity contribution is 5.20. The standard InChI is InChI=1S/C12H24N4/c1-5-6-7-15(3)12(8-13)11-9-14-16(4)10(11)2/h9,12H,5-8,13H2,1-4H3. The number of hydrogen-bond donors (Lipinski definition) is 1. The van der Waals surface area contributed by atoms with Gasteiger partial charge in [0, 0.05) is 24.8 Å². The number of aromatic nitrogens is 2. The molecular weight excluding hydrogens is 200 g/mol. The first-order chi connectivity index (χ1) is 7.61. The second-order valence-corrected chi connectivity index (χ2v) is 4.39. The number of rotatable bonds is 6. The van der Waals surface area contributed by atoms with Crippen molar-refractivity contribution in [2.45, 2.75) is 32.7 Å². The van der Waals surface area contributed by atoms with Crippen LogP contribution in [0.15, 0.2) is 6.20 Å². The summed E-state index contributed by atoms with van der Waals surface area (Å²) in [4.78, 5) is 2.33. The van der Waals surface area contributed by atoms with E-state index in [1.807, 2.05) is 17.9 Å². The lowest BCUT2D eigenvalue weighted by atomic mass is 10.1. The monoisotopic (exact) mass is 224 g/mol. The summed E-state index contributed by atoms with van der Waals surface area (Å²) >= 11 is 0. The SMILES string of the molecule is CCCCN(C)C(CN)c1cnn(C)c1C. The molecule has 0 amide bonds.